The minimum absolute atomic E-state index is 0.0371. The first-order valence-corrected chi connectivity index (χ1v) is 9.15. The molecule has 0 aliphatic heterocycles. The number of fused-ring (bicyclic) bond motifs is 1. The smallest absolute Gasteiger partial charge is 0.226 e. The molecule has 0 spiro atoms. The Morgan fingerprint density at radius 3 is 2.83 bits per heavy atom. The van der Waals surface area contributed by atoms with Gasteiger partial charge in [-0.3, -0.25) is 0 Å². The van der Waals surface area contributed by atoms with E-state index in [4.69, 9.17) is 22.1 Å². The highest BCUT2D eigenvalue weighted by atomic mass is 35.5. The van der Waals surface area contributed by atoms with Crippen LogP contribution < -0.4 is 10.5 Å². The molecular weight excluding hydrogens is 397 g/mol. The van der Waals surface area contributed by atoms with Crippen molar-refractivity contribution in [3.63, 3.8) is 0 Å². The number of anilines is 1. The van der Waals surface area contributed by atoms with E-state index in [0.717, 1.165) is 11.1 Å². The zero-order chi connectivity index (χ0) is 20.4. The quantitative estimate of drug-likeness (QED) is 0.470. The fourth-order valence-corrected chi connectivity index (χ4v) is 3.14. The maximum atomic E-state index is 14.3. The molecule has 0 amide bonds. The van der Waals surface area contributed by atoms with Gasteiger partial charge in [-0.15, -0.1) is 0 Å². The fourth-order valence-electron chi connectivity index (χ4n) is 2.97. The topological polar surface area (TPSA) is 99.1 Å². The minimum atomic E-state index is -0.369. The Morgan fingerprint density at radius 2 is 2.00 bits per heavy atom. The molecule has 4 aromatic rings. The molecule has 0 saturated carbocycles. The van der Waals surface area contributed by atoms with Crippen LogP contribution in [0.3, 0.4) is 0 Å². The summed E-state index contributed by atoms with van der Waals surface area (Å²) in [5.41, 5.74) is 8.30. The lowest BCUT2D eigenvalue weighted by Gasteiger charge is -2.10. The van der Waals surface area contributed by atoms with Crippen molar-refractivity contribution in [2.24, 2.45) is 0 Å². The summed E-state index contributed by atoms with van der Waals surface area (Å²) in [7, 11) is 0. The Kier molecular flexibility index (Phi) is 5.28. The normalized spacial score (nSPS) is 11.1. The monoisotopic (exact) mass is 413 g/mol. The van der Waals surface area contributed by atoms with Crippen molar-refractivity contribution in [2.45, 2.75) is 19.8 Å². The summed E-state index contributed by atoms with van der Waals surface area (Å²) in [6.45, 7) is 0.315. The second kappa shape index (κ2) is 8.02. The number of benzene rings is 2. The van der Waals surface area contributed by atoms with E-state index in [-0.39, 0.29) is 30.1 Å². The van der Waals surface area contributed by atoms with E-state index in [1.54, 1.807) is 47.3 Å². The molecule has 9 heteroatoms. The van der Waals surface area contributed by atoms with Gasteiger partial charge in [0.1, 0.15) is 24.0 Å². The molecule has 0 fully saturated rings. The summed E-state index contributed by atoms with van der Waals surface area (Å²) in [5.74, 6) is 0.442. The van der Waals surface area contributed by atoms with Crippen LogP contribution in [0.5, 0.6) is 5.75 Å². The number of hydrogen-bond acceptors (Lipinski definition) is 6. The van der Waals surface area contributed by atoms with Crippen molar-refractivity contribution in [1.29, 1.82) is 0 Å². The maximum absolute atomic E-state index is 14.3. The van der Waals surface area contributed by atoms with Crippen LogP contribution in [-0.2, 0) is 19.8 Å². The van der Waals surface area contributed by atoms with Crippen molar-refractivity contribution < 1.29 is 14.2 Å². The average molecular weight is 414 g/mol. The highest BCUT2D eigenvalue weighted by Crippen LogP contribution is 2.21. The first-order valence-electron chi connectivity index (χ1n) is 8.78. The number of aromatic nitrogens is 4. The summed E-state index contributed by atoms with van der Waals surface area (Å²) < 4.78 is 21.6. The summed E-state index contributed by atoms with van der Waals surface area (Å²) in [5, 5.41) is 14.1. The molecule has 29 heavy (non-hydrogen) atoms. The molecule has 2 heterocycles. The van der Waals surface area contributed by atoms with Crippen LogP contribution in [0, 0.1) is 5.82 Å². The number of halogens is 2. The van der Waals surface area contributed by atoms with Crippen molar-refractivity contribution in [2.75, 3.05) is 5.73 Å². The molecule has 2 aromatic carbocycles. The van der Waals surface area contributed by atoms with Crippen LogP contribution in [-0.4, -0.2) is 24.9 Å². The second-order valence-corrected chi connectivity index (χ2v) is 6.78. The van der Waals surface area contributed by atoms with Crippen LogP contribution in [0.25, 0.3) is 11.0 Å². The summed E-state index contributed by atoms with van der Waals surface area (Å²) in [6.07, 6.45) is 1.57. The summed E-state index contributed by atoms with van der Waals surface area (Å²) in [4.78, 5) is 8.09. The Bertz CT molecular complexity index is 1180. The lowest BCUT2D eigenvalue weighted by molar-refractivity contribution is 0.277. The molecule has 2 aromatic heterocycles. The van der Waals surface area contributed by atoms with E-state index >= 15 is 0 Å². The van der Waals surface area contributed by atoms with E-state index in [1.807, 2.05) is 0 Å². The first kappa shape index (κ1) is 19.1. The lowest BCUT2D eigenvalue weighted by Crippen LogP contribution is -2.06. The predicted octanol–water partition coefficient (Wildman–Crippen LogP) is 3.32. The minimum Gasteiger partial charge on any atom is -0.489 e. The zero-order valence-corrected chi connectivity index (χ0v) is 16.0. The summed E-state index contributed by atoms with van der Waals surface area (Å²) in [6, 6.07) is 11.8. The maximum Gasteiger partial charge on any atom is 0.226 e. The van der Waals surface area contributed by atoms with Crippen molar-refractivity contribution in [3.8, 4) is 5.75 Å². The Morgan fingerprint density at radius 1 is 1.14 bits per heavy atom. The third kappa shape index (κ3) is 4.13. The number of nitrogen functional groups attached to an aromatic ring is 1. The second-order valence-electron chi connectivity index (χ2n) is 6.44. The number of nitrogens with two attached hydrogens (primary N) is 1. The van der Waals surface area contributed by atoms with Gasteiger partial charge in [-0.25, -0.2) is 14.1 Å². The molecule has 0 saturated heterocycles. The van der Waals surface area contributed by atoms with Gasteiger partial charge < -0.3 is 15.6 Å². The van der Waals surface area contributed by atoms with Crippen LogP contribution in [0.15, 0.2) is 48.7 Å². The fraction of sp³-hybridized carbons (Fsp3) is 0.150. The first-order chi connectivity index (χ1) is 14.0. The highest BCUT2D eigenvalue weighted by molar-refractivity contribution is 6.28. The molecule has 0 atom stereocenters. The number of aliphatic hydroxyl groups is 1. The van der Waals surface area contributed by atoms with Gasteiger partial charge in [-0.1, -0.05) is 18.2 Å². The SMILES string of the molecule is Nc1nc(Cl)nc2c1cnn2Cc1ccc(F)c(COc2cccc(CO)c2)c1. The van der Waals surface area contributed by atoms with Crippen LogP contribution in [0.2, 0.25) is 5.28 Å². The van der Waals surface area contributed by atoms with Gasteiger partial charge in [0.05, 0.1) is 24.7 Å². The number of aliphatic hydroxyl groups excluding tert-OH is 1. The molecule has 0 unspecified atom stereocenters. The van der Waals surface area contributed by atoms with E-state index in [0.29, 0.717) is 28.9 Å². The standard InChI is InChI=1S/C20H17ClFN5O2/c21-20-25-18(23)16-8-24-27(19(16)26-20)9-12-4-5-17(22)14(6-12)11-29-15-3-1-2-13(7-15)10-28/h1-8,28H,9-11H2,(H2,23,25,26). The predicted molar refractivity (Wildman–Crippen MR) is 107 cm³/mol. The highest BCUT2D eigenvalue weighted by Gasteiger charge is 2.12. The molecule has 4 rings (SSSR count). The van der Waals surface area contributed by atoms with Crippen LogP contribution >= 0.6 is 11.6 Å². The largest absolute Gasteiger partial charge is 0.489 e. The Hall–Kier alpha value is -3.23. The number of rotatable bonds is 6. The molecule has 148 valence electrons. The van der Waals surface area contributed by atoms with Gasteiger partial charge in [-0.2, -0.15) is 10.1 Å². The van der Waals surface area contributed by atoms with E-state index in [2.05, 4.69) is 15.1 Å². The zero-order valence-electron chi connectivity index (χ0n) is 15.2. The van der Waals surface area contributed by atoms with E-state index < -0.39 is 0 Å². The van der Waals surface area contributed by atoms with Crippen molar-refractivity contribution >= 4 is 28.5 Å². The molecule has 0 bridgehead atoms. The van der Waals surface area contributed by atoms with Gasteiger partial charge in [0.15, 0.2) is 5.65 Å². The molecule has 7 nitrogen and oxygen atoms in total. The van der Waals surface area contributed by atoms with Crippen LogP contribution in [0.1, 0.15) is 16.7 Å². The van der Waals surface area contributed by atoms with Gasteiger partial charge in [-0.05, 0) is 47.0 Å². The van der Waals surface area contributed by atoms with E-state index in [9.17, 15) is 9.50 Å². The third-order valence-corrected chi connectivity index (χ3v) is 4.59. The van der Waals surface area contributed by atoms with Gasteiger partial charge in [0.25, 0.3) is 0 Å². The average Bonchev–Trinajstić information content (AvgIpc) is 3.11. The van der Waals surface area contributed by atoms with Crippen molar-refractivity contribution in [1.82, 2.24) is 19.7 Å². The number of hydrogen-bond donors (Lipinski definition) is 2. The molecule has 0 aliphatic carbocycles. The number of ether oxygens (including phenoxy) is 1. The molecule has 0 radical (unpaired) electrons. The lowest BCUT2D eigenvalue weighted by atomic mass is 10.1. The molecule has 0 aliphatic rings. The summed E-state index contributed by atoms with van der Waals surface area (Å²) >= 11 is 5.90. The number of nitrogens with zero attached hydrogens (tertiary/aromatic N) is 4. The van der Waals surface area contributed by atoms with Gasteiger partial charge in [0.2, 0.25) is 5.28 Å². The molecule has 3 N–H and O–H groups in total. The third-order valence-electron chi connectivity index (χ3n) is 4.42. The van der Waals surface area contributed by atoms with Gasteiger partial charge in [0, 0.05) is 5.56 Å². The molecular formula is C20H17ClFN5O2. The van der Waals surface area contributed by atoms with E-state index in [1.165, 1.54) is 6.07 Å². The Labute approximate surface area is 170 Å². The van der Waals surface area contributed by atoms with Crippen LogP contribution in [0.4, 0.5) is 10.2 Å². The van der Waals surface area contributed by atoms with Gasteiger partial charge >= 0.3 is 0 Å². The Balaban J connectivity index is 1.55. The van der Waals surface area contributed by atoms with Crippen molar-refractivity contribution in [3.05, 3.63) is 76.5 Å².